The molecule has 2 aromatic rings. The van der Waals surface area contributed by atoms with E-state index in [0.29, 0.717) is 11.4 Å². The average molecular weight is 303 g/mol. The highest BCUT2D eigenvalue weighted by Gasteiger charge is 2.22. The molecule has 0 atom stereocenters. The monoisotopic (exact) mass is 303 g/mol. The van der Waals surface area contributed by atoms with Crippen molar-refractivity contribution >= 4 is 28.0 Å². The lowest BCUT2D eigenvalue weighted by Gasteiger charge is -2.36. The summed E-state index contributed by atoms with van der Waals surface area (Å²) in [6, 6.07) is 8.64. The summed E-state index contributed by atoms with van der Waals surface area (Å²) >= 11 is 1.27. The van der Waals surface area contributed by atoms with E-state index in [0.717, 1.165) is 36.9 Å². The molecule has 1 aromatic carbocycles. The van der Waals surface area contributed by atoms with Gasteiger partial charge in [0.25, 0.3) is 0 Å². The van der Waals surface area contributed by atoms with Gasteiger partial charge in [-0.05, 0) is 35.8 Å². The zero-order valence-electron chi connectivity index (χ0n) is 11.3. The van der Waals surface area contributed by atoms with Crippen LogP contribution in [0.4, 0.5) is 20.9 Å². The van der Waals surface area contributed by atoms with Gasteiger partial charge in [-0.15, -0.1) is 0 Å². The van der Waals surface area contributed by atoms with Gasteiger partial charge in [-0.3, -0.25) is 0 Å². The molecule has 0 spiro atoms. The largest absolute Gasteiger partial charge is 0.382 e. The minimum atomic E-state index is -0.226. The number of piperazine rings is 1. The number of rotatable bonds is 2. The average Bonchev–Trinajstić information content (AvgIpc) is 2.89. The Balaban J connectivity index is 1.70. The van der Waals surface area contributed by atoms with Gasteiger partial charge in [0.2, 0.25) is 0 Å². The molecule has 1 saturated heterocycles. The summed E-state index contributed by atoms with van der Waals surface area (Å²) < 4.78 is 17.0. The third kappa shape index (κ3) is 2.62. The van der Waals surface area contributed by atoms with Crippen LogP contribution in [0.15, 0.2) is 24.3 Å². The molecule has 7 heteroatoms. The van der Waals surface area contributed by atoms with Gasteiger partial charge in [0.1, 0.15) is 22.5 Å². The van der Waals surface area contributed by atoms with Crippen LogP contribution < -0.4 is 15.5 Å². The predicted molar refractivity (Wildman–Crippen MR) is 82.1 cm³/mol. The summed E-state index contributed by atoms with van der Waals surface area (Å²) in [6.07, 6.45) is 0. The van der Waals surface area contributed by atoms with Crippen molar-refractivity contribution < 1.29 is 4.39 Å². The van der Waals surface area contributed by atoms with E-state index >= 15 is 0 Å². The number of halogens is 1. The van der Waals surface area contributed by atoms with E-state index in [1.807, 2.05) is 0 Å². The first kappa shape index (κ1) is 13.6. The normalized spacial score (nSPS) is 15.0. The summed E-state index contributed by atoms with van der Waals surface area (Å²) in [4.78, 5) is 4.33. The van der Waals surface area contributed by atoms with Crippen molar-refractivity contribution in [1.82, 2.24) is 4.37 Å². The quantitative estimate of drug-likeness (QED) is 0.919. The molecule has 0 bridgehead atoms. The van der Waals surface area contributed by atoms with E-state index in [2.05, 4.69) is 20.2 Å². The van der Waals surface area contributed by atoms with E-state index in [1.54, 1.807) is 12.1 Å². The molecule has 2 N–H and O–H groups in total. The third-order valence-electron chi connectivity index (χ3n) is 3.57. The highest BCUT2D eigenvalue weighted by atomic mass is 32.1. The van der Waals surface area contributed by atoms with E-state index in [4.69, 9.17) is 11.0 Å². The minimum Gasteiger partial charge on any atom is -0.382 e. The number of nitriles is 1. The highest BCUT2D eigenvalue weighted by molar-refractivity contribution is 7.10. The topological polar surface area (TPSA) is 69.2 Å². The fraction of sp³-hybridized carbons (Fsp3) is 0.286. The van der Waals surface area contributed by atoms with Gasteiger partial charge in [0, 0.05) is 31.9 Å². The van der Waals surface area contributed by atoms with Gasteiger partial charge in [0.15, 0.2) is 5.82 Å². The van der Waals surface area contributed by atoms with Gasteiger partial charge in [-0.1, -0.05) is 0 Å². The fourth-order valence-corrected chi connectivity index (χ4v) is 3.25. The summed E-state index contributed by atoms with van der Waals surface area (Å²) in [5, 5.41) is 9.98. The number of nitrogens with two attached hydrogens (primary N) is 1. The molecule has 0 saturated carbocycles. The second-order valence-corrected chi connectivity index (χ2v) is 5.56. The van der Waals surface area contributed by atoms with Crippen LogP contribution in [-0.2, 0) is 0 Å². The Labute approximate surface area is 126 Å². The van der Waals surface area contributed by atoms with Crippen LogP contribution in [-0.4, -0.2) is 30.6 Å². The van der Waals surface area contributed by atoms with E-state index in [9.17, 15) is 4.39 Å². The van der Waals surface area contributed by atoms with Gasteiger partial charge < -0.3 is 15.5 Å². The molecular weight excluding hydrogens is 289 g/mol. The second-order valence-electron chi connectivity index (χ2n) is 4.81. The molecule has 1 aromatic heterocycles. The highest BCUT2D eigenvalue weighted by Crippen LogP contribution is 2.31. The molecular formula is C14H14FN5S. The molecule has 3 rings (SSSR count). The van der Waals surface area contributed by atoms with Crippen molar-refractivity contribution in [1.29, 1.82) is 5.26 Å². The van der Waals surface area contributed by atoms with Crippen molar-refractivity contribution in [3.8, 4) is 6.07 Å². The van der Waals surface area contributed by atoms with Gasteiger partial charge >= 0.3 is 0 Å². The molecule has 108 valence electrons. The fourth-order valence-electron chi connectivity index (χ4n) is 2.43. The molecule has 1 fully saturated rings. The predicted octanol–water partition coefficient (Wildman–Crippen LogP) is 2.06. The first-order chi connectivity index (χ1) is 10.2. The number of nitrogen functional groups attached to an aromatic ring is 1. The lowest BCUT2D eigenvalue weighted by Crippen LogP contribution is -2.46. The second kappa shape index (κ2) is 5.58. The molecule has 0 amide bonds. The molecule has 0 radical (unpaired) electrons. The minimum absolute atomic E-state index is 0.226. The van der Waals surface area contributed by atoms with Crippen LogP contribution in [0.2, 0.25) is 0 Å². The molecule has 1 aliphatic rings. The number of anilines is 3. The Bertz CT molecular complexity index is 668. The lowest BCUT2D eigenvalue weighted by molar-refractivity contribution is 0.625. The van der Waals surface area contributed by atoms with Crippen molar-refractivity contribution in [2.75, 3.05) is 41.7 Å². The number of hydrogen-bond acceptors (Lipinski definition) is 6. The summed E-state index contributed by atoms with van der Waals surface area (Å²) in [7, 11) is 0. The van der Waals surface area contributed by atoms with Crippen molar-refractivity contribution in [3.63, 3.8) is 0 Å². The van der Waals surface area contributed by atoms with E-state index in [-0.39, 0.29) is 5.82 Å². The van der Waals surface area contributed by atoms with Crippen LogP contribution in [0.3, 0.4) is 0 Å². The van der Waals surface area contributed by atoms with Crippen LogP contribution in [0.25, 0.3) is 0 Å². The standard InChI is InChI=1S/C14H14FN5S/c15-10-1-3-11(4-2-10)19-5-7-20(8-6-19)14-12(9-16)13(17)18-21-14/h1-4H,5-8H2,(H2,17,18). The smallest absolute Gasteiger partial charge is 0.157 e. The first-order valence-corrected chi connectivity index (χ1v) is 7.37. The summed E-state index contributed by atoms with van der Waals surface area (Å²) in [6.45, 7) is 3.20. The SMILES string of the molecule is N#Cc1c(N)nsc1N1CCN(c2ccc(F)cc2)CC1. The third-order valence-corrected chi connectivity index (χ3v) is 4.49. The van der Waals surface area contributed by atoms with Crippen molar-refractivity contribution in [2.24, 2.45) is 0 Å². The molecule has 2 heterocycles. The van der Waals surface area contributed by atoms with E-state index in [1.165, 1.54) is 23.7 Å². The van der Waals surface area contributed by atoms with Crippen LogP contribution in [0.1, 0.15) is 5.56 Å². The number of hydrogen-bond donors (Lipinski definition) is 1. The molecule has 21 heavy (non-hydrogen) atoms. The number of benzene rings is 1. The molecule has 5 nitrogen and oxygen atoms in total. The maximum absolute atomic E-state index is 12.9. The Morgan fingerprint density at radius 2 is 1.76 bits per heavy atom. The maximum Gasteiger partial charge on any atom is 0.157 e. The summed E-state index contributed by atoms with van der Waals surface area (Å²) in [5.41, 5.74) is 7.18. The van der Waals surface area contributed by atoms with E-state index < -0.39 is 0 Å². The molecule has 1 aliphatic heterocycles. The van der Waals surface area contributed by atoms with Gasteiger partial charge in [0.05, 0.1) is 0 Å². The van der Waals surface area contributed by atoms with Gasteiger partial charge in [-0.25, -0.2) is 4.39 Å². The van der Waals surface area contributed by atoms with Crippen molar-refractivity contribution in [2.45, 2.75) is 0 Å². The zero-order chi connectivity index (χ0) is 14.8. The van der Waals surface area contributed by atoms with Crippen molar-refractivity contribution in [3.05, 3.63) is 35.6 Å². The molecule has 0 aliphatic carbocycles. The number of nitrogens with zero attached hydrogens (tertiary/aromatic N) is 4. The van der Waals surface area contributed by atoms with Crippen LogP contribution >= 0.6 is 11.5 Å². The Morgan fingerprint density at radius 3 is 2.38 bits per heavy atom. The maximum atomic E-state index is 12.9. The zero-order valence-corrected chi connectivity index (χ0v) is 12.1. The summed E-state index contributed by atoms with van der Waals surface area (Å²) in [5.74, 6) is 0.0784. The molecule has 0 unspecified atom stereocenters. The number of aromatic nitrogens is 1. The Hall–Kier alpha value is -2.33. The van der Waals surface area contributed by atoms with Crippen LogP contribution in [0, 0.1) is 17.1 Å². The lowest BCUT2D eigenvalue weighted by atomic mass is 10.2. The Kier molecular flexibility index (Phi) is 3.62. The Morgan fingerprint density at radius 1 is 1.14 bits per heavy atom. The van der Waals surface area contributed by atoms with Gasteiger partial charge in [-0.2, -0.15) is 9.64 Å². The first-order valence-electron chi connectivity index (χ1n) is 6.60. The van der Waals surface area contributed by atoms with Crippen LogP contribution in [0.5, 0.6) is 0 Å².